The molecule has 5 rings (SSSR count). The first kappa shape index (κ1) is 10.5. The molecule has 4 aromatic heterocycles. The molecule has 0 saturated heterocycles. The van der Waals surface area contributed by atoms with Gasteiger partial charge in [0.25, 0.3) is 0 Å². The van der Waals surface area contributed by atoms with Gasteiger partial charge in [0.2, 0.25) is 0 Å². The van der Waals surface area contributed by atoms with Gasteiger partial charge in [-0.15, -0.1) is 45.3 Å². The van der Waals surface area contributed by atoms with Gasteiger partial charge in [0.15, 0.2) is 0 Å². The lowest BCUT2D eigenvalue weighted by atomic mass is 10.3. The summed E-state index contributed by atoms with van der Waals surface area (Å²) < 4.78 is 5.94. The molecule has 0 fully saturated rings. The molecule has 0 aromatic carbocycles. The fourth-order valence-corrected chi connectivity index (χ4v) is 8.99. The number of hydrogen-bond acceptors (Lipinski definition) is 5. The van der Waals surface area contributed by atoms with E-state index in [0.717, 1.165) is 6.42 Å². The molecular formula is C13H6S5. The van der Waals surface area contributed by atoms with Gasteiger partial charge in [-0.25, -0.2) is 0 Å². The highest BCUT2D eigenvalue weighted by molar-refractivity contribution is 8.00. The molecule has 0 unspecified atom stereocenters. The summed E-state index contributed by atoms with van der Waals surface area (Å²) in [6.45, 7) is 0. The number of rotatable bonds is 0. The number of fused-ring (bicyclic) bond motifs is 6. The Balaban J connectivity index is 1.82. The minimum absolute atomic E-state index is 1.15. The van der Waals surface area contributed by atoms with Crippen molar-refractivity contribution in [1.82, 2.24) is 0 Å². The van der Waals surface area contributed by atoms with Crippen molar-refractivity contribution in [3.63, 3.8) is 0 Å². The van der Waals surface area contributed by atoms with E-state index in [1.165, 1.54) is 28.6 Å². The summed E-state index contributed by atoms with van der Waals surface area (Å²) in [7, 11) is 0. The Bertz CT molecular complexity index is 812. The summed E-state index contributed by atoms with van der Waals surface area (Å²) in [5.74, 6) is 0. The molecular weight excluding hydrogens is 316 g/mol. The second-order valence-corrected chi connectivity index (χ2v) is 9.34. The van der Waals surface area contributed by atoms with Crippen molar-refractivity contribution >= 4 is 75.9 Å². The van der Waals surface area contributed by atoms with Gasteiger partial charge in [0, 0.05) is 35.4 Å². The summed E-state index contributed by atoms with van der Waals surface area (Å²) in [5, 5.41) is 4.43. The fraction of sp³-hybridized carbons (Fsp3) is 0.0769. The Morgan fingerprint density at radius 1 is 0.778 bits per heavy atom. The molecule has 18 heavy (non-hydrogen) atoms. The highest BCUT2D eigenvalue weighted by Crippen LogP contribution is 2.54. The average molecular weight is 323 g/mol. The van der Waals surface area contributed by atoms with E-state index in [9.17, 15) is 0 Å². The zero-order valence-electron chi connectivity index (χ0n) is 9.06. The third-order valence-electron chi connectivity index (χ3n) is 3.17. The molecule has 5 heterocycles. The summed E-state index contributed by atoms with van der Waals surface area (Å²) in [6, 6.07) is 4.52. The Kier molecular flexibility index (Phi) is 2.10. The third kappa shape index (κ3) is 1.26. The zero-order chi connectivity index (χ0) is 11.7. The van der Waals surface area contributed by atoms with E-state index < -0.39 is 0 Å². The molecule has 0 atom stereocenters. The molecule has 0 radical (unpaired) electrons. The van der Waals surface area contributed by atoms with Crippen molar-refractivity contribution in [2.75, 3.05) is 0 Å². The Morgan fingerprint density at radius 2 is 1.33 bits per heavy atom. The Morgan fingerprint density at radius 3 is 1.89 bits per heavy atom. The minimum atomic E-state index is 1.15. The van der Waals surface area contributed by atoms with Crippen molar-refractivity contribution in [2.45, 2.75) is 16.2 Å². The van der Waals surface area contributed by atoms with E-state index in [1.807, 2.05) is 57.1 Å². The molecule has 88 valence electrons. The number of hydrogen-bond donors (Lipinski definition) is 0. The van der Waals surface area contributed by atoms with Crippen LogP contribution < -0.4 is 0 Å². The van der Waals surface area contributed by atoms with Crippen LogP contribution in [0.15, 0.2) is 32.7 Å². The molecule has 0 nitrogen and oxygen atoms in total. The molecule has 5 heteroatoms. The molecule has 1 aliphatic heterocycles. The maximum absolute atomic E-state index is 2.26. The summed E-state index contributed by atoms with van der Waals surface area (Å²) in [4.78, 5) is 6.21. The van der Waals surface area contributed by atoms with E-state index in [1.54, 1.807) is 9.75 Å². The van der Waals surface area contributed by atoms with Gasteiger partial charge >= 0.3 is 0 Å². The molecule has 4 aromatic rings. The minimum Gasteiger partial charge on any atom is -0.142 e. The van der Waals surface area contributed by atoms with Crippen LogP contribution in [0.2, 0.25) is 0 Å². The molecule has 0 bridgehead atoms. The Labute approximate surface area is 124 Å². The highest BCUT2D eigenvalue weighted by Gasteiger charge is 2.25. The van der Waals surface area contributed by atoms with Crippen LogP contribution in [-0.4, -0.2) is 0 Å². The predicted molar refractivity (Wildman–Crippen MR) is 86.3 cm³/mol. The van der Waals surface area contributed by atoms with Crippen molar-refractivity contribution in [3.8, 4) is 0 Å². The van der Waals surface area contributed by atoms with Crippen LogP contribution in [0.1, 0.15) is 9.75 Å². The second kappa shape index (κ2) is 3.61. The molecule has 1 aliphatic rings. The van der Waals surface area contributed by atoms with Crippen LogP contribution >= 0.6 is 57.1 Å². The molecule has 0 saturated carbocycles. The summed E-state index contributed by atoms with van der Waals surface area (Å²) >= 11 is 9.75. The molecule has 0 N–H and O–H groups in total. The van der Waals surface area contributed by atoms with Crippen molar-refractivity contribution in [3.05, 3.63) is 32.6 Å². The lowest BCUT2D eigenvalue weighted by Gasteiger charge is -2.11. The van der Waals surface area contributed by atoms with Crippen molar-refractivity contribution in [1.29, 1.82) is 0 Å². The van der Waals surface area contributed by atoms with Crippen LogP contribution in [0.5, 0.6) is 0 Å². The monoisotopic (exact) mass is 322 g/mol. The summed E-state index contributed by atoms with van der Waals surface area (Å²) in [6.07, 6.45) is 1.15. The van der Waals surface area contributed by atoms with Gasteiger partial charge in [0.05, 0.1) is 9.40 Å². The first-order chi connectivity index (χ1) is 8.90. The van der Waals surface area contributed by atoms with E-state index >= 15 is 0 Å². The maximum Gasteiger partial charge on any atom is 0.0593 e. The van der Waals surface area contributed by atoms with Gasteiger partial charge < -0.3 is 0 Å². The van der Waals surface area contributed by atoms with Crippen molar-refractivity contribution in [2.24, 2.45) is 0 Å². The van der Waals surface area contributed by atoms with Crippen LogP contribution in [0.3, 0.4) is 0 Å². The maximum atomic E-state index is 2.26. The van der Waals surface area contributed by atoms with E-state index in [4.69, 9.17) is 0 Å². The topological polar surface area (TPSA) is 0 Å². The normalized spacial score (nSPS) is 14.2. The van der Waals surface area contributed by atoms with Crippen LogP contribution in [-0.2, 0) is 6.42 Å². The first-order valence-electron chi connectivity index (χ1n) is 5.56. The predicted octanol–water partition coefficient (Wildman–Crippen LogP) is 6.29. The van der Waals surface area contributed by atoms with Crippen LogP contribution in [0.25, 0.3) is 18.8 Å². The fourth-order valence-electron chi connectivity index (χ4n) is 2.39. The molecule has 0 spiro atoms. The van der Waals surface area contributed by atoms with Crippen LogP contribution in [0.4, 0.5) is 0 Å². The Hall–Kier alpha value is -0.330. The SMILES string of the molecule is c1cc2sc3c(c2s1)Sc1c(sc2ccsc12)C3. The first-order valence-corrected chi connectivity index (χ1v) is 9.76. The smallest absolute Gasteiger partial charge is 0.0593 e. The molecule has 0 aliphatic carbocycles. The van der Waals surface area contributed by atoms with Gasteiger partial charge in [-0.2, -0.15) is 0 Å². The van der Waals surface area contributed by atoms with Gasteiger partial charge in [-0.05, 0) is 22.9 Å². The highest BCUT2D eigenvalue weighted by atomic mass is 32.2. The van der Waals surface area contributed by atoms with E-state index in [2.05, 4.69) is 22.9 Å². The van der Waals surface area contributed by atoms with E-state index in [0.29, 0.717) is 0 Å². The third-order valence-corrected chi connectivity index (χ3v) is 9.43. The quantitative estimate of drug-likeness (QED) is 0.322. The van der Waals surface area contributed by atoms with Crippen molar-refractivity contribution < 1.29 is 0 Å². The standard InChI is InChI=1S/C13H6S5/c1-3-14-10-6(1)16-8-5-9-13(18-12(8)10)11-7(17-9)2-4-15-11/h1-4H,5H2. The van der Waals surface area contributed by atoms with Gasteiger partial charge in [-0.3, -0.25) is 0 Å². The zero-order valence-corrected chi connectivity index (χ0v) is 13.1. The lowest BCUT2D eigenvalue weighted by Crippen LogP contribution is -1.90. The molecule has 0 amide bonds. The van der Waals surface area contributed by atoms with E-state index in [-0.39, 0.29) is 0 Å². The summed E-state index contributed by atoms with van der Waals surface area (Å²) in [5.41, 5.74) is 0. The van der Waals surface area contributed by atoms with Gasteiger partial charge in [-0.1, -0.05) is 11.8 Å². The average Bonchev–Trinajstić information content (AvgIpc) is 3.04. The number of thiophene rings is 4. The lowest BCUT2D eigenvalue weighted by molar-refractivity contribution is 1.18. The van der Waals surface area contributed by atoms with Gasteiger partial charge in [0.1, 0.15) is 0 Å². The second-order valence-electron chi connectivity index (χ2n) is 4.22. The largest absolute Gasteiger partial charge is 0.142 e. The van der Waals surface area contributed by atoms with Crippen LogP contribution in [0, 0.1) is 0 Å².